The van der Waals surface area contributed by atoms with Gasteiger partial charge in [-0.05, 0) is 40.7 Å². The summed E-state index contributed by atoms with van der Waals surface area (Å²) in [6.45, 7) is 1.98. The van der Waals surface area contributed by atoms with Crippen LogP contribution in [0.4, 0.5) is 13.2 Å². The number of thioether (sulfide) groups is 1. The second-order valence-electron chi connectivity index (χ2n) is 15.2. The van der Waals surface area contributed by atoms with E-state index in [-0.39, 0.29) is 44.2 Å². The first kappa shape index (κ1) is 42.0. The number of hydrogen-bond acceptors (Lipinski definition) is 8. The Labute approximate surface area is 355 Å². The lowest BCUT2D eigenvalue weighted by Gasteiger charge is -2.41. The molecule has 2 saturated heterocycles. The maximum atomic E-state index is 13.2. The Hall–Kier alpha value is -5.73. The fourth-order valence-corrected chi connectivity index (χ4v) is 8.91. The number of nitrogens with zero attached hydrogens (tertiary/aromatic N) is 2. The molecule has 0 saturated carbocycles. The summed E-state index contributed by atoms with van der Waals surface area (Å²) in [6, 6.07) is 41.6. The molecule has 1 aromatic heterocycles. The van der Waals surface area contributed by atoms with Crippen LogP contribution in [0, 0.1) is 5.92 Å². The van der Waals surface area contributed by atoms with E-state index >= 15 is 0 Å². The number of alkyl halides is 3. The van der Waals surface area contributed by atoms with E-state index in [4.69, 9.17) is 18.9 Å². The van der Waals surface area contributed by atoms with Crippen LogP contribution in [0.25, 0.3) is 33.7 Å². The normalized spacial score (nSPS) is 20.4. The van der Waals surface area contributed by atoms with Crippen molar-refractivity contribution in [1.29, 1.82) is 0 Å². The number of carbonyl (C=O) groups is 2. The van der Waals surface area contributed by atoms with E-state index in [1.54, 1.807) is 0 Å². The number of halogens is 3. The number of carbonyl (C=O) groups excluding carboxylic acids is 2. The van der Waals surface area contributed by atoms with Gasteiger partial charge < -0.3 is 29.2 Å². The van der Waals surface area contributed by atoms with E-state index in [1.165, 1.54) is 11.8 Å². The monoisotopic (exact) mass is 847 g/mol. The summed E-state index contributed by atoms with van der Waals surface area (Å²) < 4.78 is 59.5. The van der Waals surface area contributed by atoms with Gasteiger partial charge in [0.2, 0.25) is 5.91 Å². The first-order valence-electron chi connectivity index (χ1n) is 20.2. The second kappa shape index (κ2) is 18.5. The van der Waals surface area contributed by atoms with Crippen molar-refractivity contribution >= 4 is 23.6 Å². The van der Waals surface area contributed by atoms with Crippen molar-refractivity contribution in [3.8, 4) is 33.7 Å². The Balaban J connectivity index is 1.01. The molecule has 2 N–H and O–H groups in total. The molecule has 2 aliphatic heterocycles. The molecular formula is C48H44F3N3O6S. The number of oxazole rings is 1. The summed E-state index contributed by atoms with van der Waals surface area (Å²) in [6.07, 6.45) is -5.92. The number of nitrogens with one attached hydrogen (secondary N) is 1. The summed E-state index contributed by atoms with van der Waals surface area (Å²) in [4.78, 5) is 30.6. The second-order valence-corrected chi connectivity index (χ2v) is 16.1. The topological polar surface area (TPSA) is 114 Å². The summed E-state index contributed by atoms with van der Waals surface area (Å²) in [5.74, 6) is -1.48. The Morgan fingerprint density at radius 1 is 0.820 bits per heavy atom. The number of amides is 2. The van der Waals surface area contributed by atoms with Gasteiger partial charge in [-0.2, -0.15) is 13.2 Å². The minimum atomic E-state index is -5.04. The van der Waals surface area contributed by atoms with Crippen molar-refractivity contribution < 1.29 is 41.8 Å². The molecule has 5 aromatic carbocycles. The van der Waals surface area contributed by atoms with Gasteiger partial charge >= 0.3 is 12.1 Å². The number of aliphatic hydroxyl groups excluding tert-OH is 1. The van der Waals surface area contributed by atoms with Gasteiger partial charge in [-0.1, -0.05) is 152 Å². The Morgan fingerprint density at radius 2 is 1.48 bits per heavy atom. The van der Waals surface area contributed by atoms with Crippen LogP contribution >= 0.6 is 11.8 Å². The minimum absolute atomic E-state index is 0.0638. The quantitative estimate of drug-likeness (QED) is 0.117. The van der Waals surface area contributed by atoms with Crippen LogP contribution in [0.15, 0.2) is 143 Å². The van der Waals surface area contributed by atoms with Gasteiger partial charge in [0.25, 0.3) is 5.22 Å². The van der Waals surface area contributed by atoms with Crippen molar-refractivity contribution in [3.63, 3.8) is 0 Å². The van der Waals surface area contributed by atoms with Gasteiger partial charge in [-0.3, -0.25) is 9.59 Å². The Kier molecular flexibility index (Phi) is 12.7. The lowest BCUT2D eigenvalue weighted by molar-refractivity contribution is -0.268. The van der Waals surface area contributed by atoms with Crippen molar-refractivity contribution in [2.45, 2.75) is 68.9 Å². The molecule has 0 radical (unpaired) electrons. The highest BCUT2D eigenvalue weighted by molar-refractivity contribution is 7.99. The number of aromatic nitrogens is 1. The van der Waals surface area contributed by atoms with Crippen molar-refractivity contribution in [2.75, 3.05) is 12.3 Å². The van der Waals surface area contributed by atoms with Gasteiger partial charge in [0, 0.05) is 41.5 Å². The Bertz CT molecular complexity index is 2370. The highest BCUT2D eigenvalue weighted by atomic mass is 32.2. The summed E-state index contributed by atoms with van der Waals surface area (Å²) in [5, 5.41) is 13.0. The van der Waals surface area contributed by atoms with Gasteiger partial charge in [0.1, 0.15) is 11.7 Å². The van der Waals surface area contributed by atoms with Crippen LogP contribution in [0.1, 0.15) is 54.4 Å². The predicted molar refractivity (Wildman–Crippen MR) is 226 cm³/mol. The zero-order valence-electron chi connectivity index (χ0n) is 33.3. The number of benzene rings is 5. The molecule has 6 aromatic rings. The maximum Gasteiger partial charge on any atom is 0.471 e. The summed E-state index contributed by atoms with van der Waals surface area (Å²) in [7, 11) is 0. The smallest absolute Gasteiger partial charge is 0.431 e. The standard InChI is InChI=1S/C48H44F3N3O6S/c1-30-40(29-61-47-53-41(33-11-4-2-5-12-33)43(60-47)34-13-6-3-7-14-34)58-45(59-42(30)35-20-18-31(28-55)19-21-35)36-24-22-32(23-25-36)38-16-9-8-15-37(38)27-52-44(56)39-17-10-26-54(39)46(57)48(49,50)51/h2-9,11-16,18-25,30,39-40,42,45,55H,10,17,26-29H2,1H3,(H,52,56). The molecule has 0 spiro atoms. The molecule has 5 atom stereocenters. The van der Waals surface area contributed by atoms with E-state index < -0.39 is 30.3 Å². The van der Waals surface area contributed by atoms with E-state index in [1.807, 2.05) is 133 Å². The molecule has 3 heterocycles. The lowest BCUT2D eigenvalue weighted by atomic mass is 9.91. The first-order valence-corrected chi connectivity index (χ1v) is 21.1. The molecule has 2 amide bonds. The zero-order valence-corrected chi connectivity index (χ0v) is 34.1. The predicted octanol–water partition coefficient (Wildman–Crippen LogP) is 9.92. The molecule has 9 nitrogen and oxygen atoms in total. The maximum absolute atomic E-state index is 13.2. The Morgan fingerprint density at radius 3 is 2.16 bits per heavy atom. The largest absolute Gasteiger partial charge is 0.471 e. The number of likely N-dealkylation sites (tertiary alicyclic amines) is 1. The number of ether oxygens (including phenoxy) is 2. The third-order valence-electron chi connectivity index (χ3n) is 11.2. The minimum Gasteiger partial charge on any atom is -0.431 e. The highest BCUT2D eigenvalue weighted by Crippen LogP contribution is 2.44. The SMILES string of the molecule is CC1C(CSc2nc(-c3ccccc3)c(-c3ccccc3)o2)OC(c2ccc(-c3ccccc3CNC(=O)C3CCCN3C(=O)C(F)(F)F)cc2)OC1c1ccc(CO)cc1. The molecule has 2 aliphatic rings. The van der Waals surface area contributed by atoms with Crippen molar-refractivity contribution in [3.05, 3.63) is 156 Å². The van der Waals surface area contributed by atoms with Crippen LogP contribution in [-0.4, -0.2) is 57.4 Å². The molecule has 61 heavy (non-hydrogen) atoms. The third-order valence-corrected chi connectivity index (χ3v) is 12.1. The van der Waals surface area contributed by atoms with Crippen LogP contribution in [0.2, 0.25) is 0 Å². The van der Waals surface area contributed by atoms with Gasteiger partial charge in [0.05, 0.1) is 18.8 Å². The van der Waals surface area contributed by atoms with Gasteiger partial charge in [-0.15, -0.1) is 0 Å². The molecule has 5 unspecified atom stereocenters. The number of hydrogen-bond donors (Lipinski definition) is 2. The zero-order chi connectivity index (χ0) is 42.5. The molecule has 0 bridgehead atoms. The molecular weight excluding hydrogens is 804 g/mol. The van der Waals surface area contributed by atoms with Crippen LogP contribution in [0.5, 0.6) is 0 Å². The van der Waals surface area contributed by atoms with Gasteiger partial charge in [-0.25, -0.2) is 4.98 Å². The molecule has 0 aliphatic carbocycles. The fraction of sp³-hybridized carbons (Fsp3) is 0.271. The molecule has 314 valence electrons. The van der Waals surface area contributed by atoms with Crippen LogP contribution in [0.3, 0.4) is 0 Å². The van der Waals surface area contributed by atoms with E-state index in [2.05, 4.69) is 12.2 Å². The van der Waals surface area contributed by atoms with Crippen LogP contribution in [-0.2, 0) is 32.2 Å². The van der Waals surface area contributed by atoms with Crippen LogP contribution < -0.4 is 5.32 Å². The molecule has 2 fully saturated rings. The first-order chi connectivity index (χ1) is 29.6. The molecule has 8 rings (SSSR count). The summed E-state index contributed by atoms with van der Waals surface area (Å²) >= 11 is 1.48. The highest BCUT2D eigenvalue weighted by Gasteiger charge is 2.47. The van der Waals surface area contributed by atoms with Crippen molar-refractivity contribution in [2.24, 2.45) is 5.92 Å². The van der Waals surface area contributed by atoms with E-state index in [0.717, 1.165) is 50.2 Å². The van der Waals surface area contributed by atoms with Crippen molar-refractivity contribution in [1.82, 2.24) is 15.2 Å². The fourth-order valence-electron chi connectivity index (χ4n) is 7.92. The third kappa shape index (κ3) is 9.45. The number of rotatable bonds is 12. The lowest BCUT2D eigenvalue weighted by Crippen LogP contribution is -2.50. The van der Waals surface area contributed by atoms with Gasteiger partial charge in [0.15, 0.2) is 12.1 Å². The average molecular weight is 848 g/mol. The summed E-state index contributed by atoms with van der Waals surface area (Å²) in [5.41, 5.74) is 7.62. The number of aliphatic hydroxyl groups is 1. The average Bonchev–Trinajstić information content (AvgIpc) is 3.97. The van der Waals surface area contributed by atoms with E-state index in [9.17, 15) is 27.9 Å². The molecule has 13 heteroatoms. The van der Waals surface area contributed by atoms with E-state index in [0.29, 0.717) is 28.1 Å².